The van der Waals surface area contributed by atoms with Crippen molar-refractivity contribution in [2.24, 2.45) is 0 Å². The molecule has 0 aliphatic heterocycles. The summed E-state index contributed by atoms with van der Waals surface area (Å²) < 4.78 is 0. The number of hydrogen-bond acceptors (Lipinski definition) is 3. The summed E-state index contributed by atoms with van der Waals surface area (Å²) in [5.74, 6) is -1.20. The smallest absolute Gasteiger partial charge is 0.303 e. The summed E-state index contributed by atoms with van der Waals surface area (Å²) in [6.07, 6.45) is 2.06. The Morgan fingerprint density at radius 2 is 1.85 bits per heavy atom. The number of carbonyl (C=O) groups excluding carboxylic acids is 1. The van der Waals surface area contributed by atoms with Crippen LogP contribution < -0.4 is 0 Å². The zero-order valence-electron chi connectivity index (χ0n) is 7.69. The molecule has 1 amide bonds. The fourth-order valence-electron chi connectivity index (χ4n) is 0.872. The van der Waals surface area contributed by atoms with E-state index in [9.17, 15) is 9.59 Å². The second kappa shape index (κ2) is 6.42. The molecule has 0 fully saturated rings. The number of unbranched alkanes of at least 4 members (excludes halogenated alkanes) is 2. The van der Waals surface area contributed by atoms with Gasteiger partial charge in [0.1, 0.15) is 0 Å². The summed E-state index contributed by atoms with van der Waals surface area (Å²) in [5.41, 5.74) is 0. The van der Waals surface area contributed by atoms with Crippen molar-refractivity contribution in [1.29, 1.82) is 0 Å². The number of carboxylic acids is 1. The Hall–Kier alpha value is -1.10. The van der Waals surface area contributed by atoms with E-state index < -0.39 is 11.9 Å². The zero-order chi connectivity index (χ0) is 10.3. The van der Waals surface area contributed by atoms with Gasteiger partial charge in [0.2, 0.25) is 5.91 Å². The van der Waals surface area contributed by atoms with Gasteiger partial charge in [0.15, 0.2) is 0 Å². The monoisotopic (exact) mass is 189 g/mol. The maximum atomic E-state index is 10.5. The van der Waals surface area contributed by atoms with Crippen LogP contribution in [0.4, 0.5) is 0 Å². The number of hydrogen-bond donors (Lipinski definition) is 2. The van der Waals surface area contributed by atoms with Gasteiger partial charge in [-0.1, -0.05) is 6.42 Å². The molecule has 0 atom stereocenters. The standard InChI is InChI=1S/C8H15NO4/c1-7(10)9(13)6-4-2-3-5-8(11)12/h13H,2-6H2,1H3,(H,11,12). The molecule has 13 heavy (non-hydrogen) atoms. The van der Waals surface area contributed by atoms with Crippen molar-refractivity contribution < 1.29 is 19.9 Å². The highest BCUT2D eigenvalue weighted by molar-refractivity contribution is 5.71. The first-order valence-corrected chi connectivity index (χ1v) is 4.23. The third-order valence-corrected chi connectivity index (χ3v) is 1.62. The number of amides is 1. The molecule has 2 N–H and O–H groups in total. The lowest BCUT2D eigenvalue weighted by Crippen LogP contribution is -2.25. The van der Waals surface area contributed by atoms with E-state index in [0.29, 0.717) is 24.3 Å². The third-order valence-electron chi connectivity index (χ3n) is 1.62. The Bertz CT molecular complexity index is 181. The first-order valence-electron chi connectivity index (χ1n) is 4.23. The van der Waals surface area contributed by atoms with E-state index >= 15 is 0 Å². The maximum absolute atomic E-state index is 10.5. The number of nitrogens with zero attached hydrogens (tertiary/aromatic N) is 1. The van der Waals surface area contributed by atoms with Crippen LogP contribution in [0.5, 0.6) is 0 Å². The molecule has 0 radical (unpaired) electrons. The molecule has 0 saturated carbocycles. The second-order valence-electron chi connectivity index (χ2n) is 2.85. The minimum atomic E-state index is -0.813. The van der Waals surface area contributed by atoms with Crippen LogP contribution in [0.25, 0.3) is 0 Å². The lowest BCUT2D eigenvalue weighted by molar-refractivity contribution is -0.162. The summed E-state index contributed by atoms with van der Waals surface area (Å²) in [5, 5.41) is 17.8. The zero-order valence-corrected chi connectivity index (χ0v) is 7.69. The van der Waals surface area contributed by atoms with Gasteiger partial charge < -0.3 is 5.11 Å². The minimum Gasteiger partial charge on any atom is -0.481 e. The molecule has 0 spiro atoms. The summed E-state index contributed by atoms with van der Waals surface area (Å²) in [6.45, 7) is 1.55. The average molecular weight is 189 g/mol. The van der Waals surface area contributed by atoms with Crippen LogP contribution >= 0.6 is 0 Å². The van der Waals surface area contributed by atoms with E-state index in [2.05, 4.69) is 0 Å². The van der Waals surface area contributed by atoms with E-state index in [4.69, 9.17) is 10.3 Å². The van der Waals surface area contributed by atoms with Crippen molar-refractivity contribution in [3.05, 3.63) is 0 Å². The van der Waals surface area contributed by atoms with Gasteiger partial charge in [-0.25, -0.2) is 5.06 Å². The van der Waals surface area contributed by atoms with Crippen LogP contribution in [0, 0.1) is 0 Å². The fraction of sp³-hybridized carbons (Fsp3) is 0.750. The fourth-order valence-corrected chi connectivity index (χ4v) is 0.872. The van der Waals surface area contributed by atoms with Crippen LogP contribution in [-0.4, -0.2) is 33.8 Å². The first kappa shape index (κ1) is 11.9. The molecule has 0 aromatic rings. The van der Waals surface area contributed by atoms with Crippen molar-refractivity contribution >= 4 is 11.9 Å². The van der Waals surface area contributed by atoms with Gasteiger partial charge in [0, 0.05) is 19.9 Å². The van der Waals surface area contributed by atoms with Crippen molar-refractivity contribution in [1.82, 2.24) is 5.06 Å². The Morgan fingerprint density at radius 1 is 1.23 bits per heavy atom. The number of carboxylic acid groups (broad SMARTS) is 1. The highest BCUT2D eigenvalue weighted by Crippen LogP contribution is 2.00. The number of rotatable bonds is 6. The lowest BCUT2D eigenvalue weighted by Gasteiger charge is -2.11. The first-order chi connectivity index (χ1) is 6.04. The Labute approximate surface area is 76.9 Å². The number of aliphatic carboxylic acids is 1. The third kappa shape index (κ3) is 7.27. The van der Waals surface area contributed by atoms with Crippen LogP contribution in [0.2, 0.25) is 0 Å². The molecule has 0 heterocycles. The summed E-state index contributed by atoms with van der Waals surface area (Å²) in [7, 11) is 0. The van der Waals surface area contributed by atoms with Gasteiger partial charge in [-0.2, -0.15) is 0 Å². The van der Waals surface area contributed by atoms with Crippen LogP contribution in [-0.2, 0) is 9.59 Å². The van der Waals surface area contributed by atoms with Crippen molar-refractivity contribution in [3.8, 4) is 0 Å². The van der Waals surface area contributed by atoms with E-state index in [1.54, 1.807) is 0 Å². The van der Waals surface area contributed by atoms with Crippen LogP contribution in [0.15, 0.2) is 0 Å². The highest BCUT2D eigenvalue weighted by atomic mass is 16.5. The maximum Gasteiger partial charge on any atom is 0.303 e. The molecule has 0 rings (SSSR count). The Morgan fingerprint density at radius 3 is 2.31 bits per heavy atom. The topological polar surface area (TPSA) is 77.8 Å². The number of carbonyl (C=O) groups is 2. The van der Waals surface area contributed by atoms with Crippen LogP contribution in [0.1, 0.15) is 32.6 Å². The molecule has 0 unspecified atom stereocenters. The molecular formula is C8H15NO4. The van der Waals surface area contributed by atoms with Crippen molar-refractivity contribution in [2.45, 2.75) is 32.6 Å². The van der Waals surface area contributed by atoms with Gasteiger partial charge >= 0.3 is 5.97 Å². The minimum absolute atomic E-state index is 0.144. The van der Waals surface area contributed by atoms with Gasteiger partial charge in [-0.3, -0.25) is 14.8 Å². The predicted molar refractivity (Wildman–Crippen MR) is 45.3 cm³/mol. The lowest BCUT2D eigenvalue weighted by atomic mass is 10.2. The van der Waals surface area contributed by atoms with E-state index in [-0.39, 0.29) is 13.0 Å². The normalized spacial score (nSPS) is 9.69. The molecule has 0 aliphatic rings. The molecule has 5 heteroatoms. The van der Waals surface area contributed by atoms with Gasteiger partial charge in [0.25, 0.3) is 0 Å². The van der Waals surface area contributed by atoms with E-state index in [1.165, 1.54) is 6.92 Å². The quantitative estimate of drug-likeness (QED) is 0.369. The van der Waals surface area contributed by atoms with Crippen molar-refractivity contribution in [2.75, 3.05) is 6.54 Å². The Kier molecular flexibility index (Phi) is 5.88. The molecule has 0 aromatic heterocycles. The summed E-state index contributed by atoms with van der Waals surface area (Å²) in [4.78, 5) is 20.6. The molecule has 76 valence electrons. The summed E-state index contributed by atoms with van der Waals surface area (Å²) >= 11 is 0. The van der Waals surface area contributed by atoms with Gasteiger partial charge in [-0.15, -0.1) is 0 Å². The molecule has 0 aromatic carbocycles. The largest absolute Gasteiger partial charge is 0.481 e. The predicted octanol–water partition coefficient (Wildman–Crippen LogP) is 0.869. The van der Waals surface area contributed by atoms with Gasteiger partial charge in [-0.05, 0) is 12.8 Å². The SMILES string of the molecule is CC(=O)N(O)CCCCCC(=O)O. The Balaban J connectivity index is 3.26. The summed E-state index contributed by atoms with van der Waals surface area (Å²) in [6, 6.07) is 0. The van der Waals surface area contributed by atoms with Gasteiger partial charge in [0.05, 0.1) is 0 Å². The second-order valence-corrected chi connectivity index (χ2v) is 2.85. The van der Waals surface area contributed by atoms with Crippen molar-refractivity contribution in [3.63, 3.8) is 0 Å². The average Bonchev–Trinajstić information content (AvgIpc) is 2.02. The molecular weight excluding hydrogens is 174 g/mol. The molecule has 0 bridgehead atoms. The van der Waals surface area contributed by atoms with Crippen LogP contribution in [0.3, 0.4) is 0 Å². The molecule has 0 aliphatic carbocycles. The highest BCUT2D eigenvalue weighted by Gasteiger charge is 2.03. The van der Waals surface area contributed by atoms with E-state index in [1.807, 2.05) is 0 Å². The molecule has 5 nitrogen and oxygen atoms in total. The number of hydroxylamine groups is 2. The molecule has 0 saturated heterocycles. The van der Waals surface area contributed by atoms with E-state index in [0.717, 1.165) is 0 Å².